The van der Waals surface area contributed by atoms with Gasteiger partial charge in [0.05, 0.1) is 13.2 Å². The molecule has 0 aromatic carbocycles. The van der Waals surface area contributed by atoms with E-state index in [-0.39, 0.29) is 38.6 Å². The maximum atomic E-state index is 12.7. The number of esters is 2. The Morgan fingerprint density at radius 2 is 0.679 bits per heavy atom. The Bertz CT molecular complexity index is 1560. The number of nitrogens with two attached hydrogens (primary N) is 1. The van der Waals surface area contributed by atoms with Crippen LogP contribution in [0.4, 0.5) is 0 Å². The maximum Gasteiger partial charge on any atom is 0.472 e. The predicted octanol–water partition coefficient (Wildman–Crippen LogP) is 22.4. The summed E-state index contributed by atoms with van der Waals surface area (Å²) in [5.41, 5.74) is 5.40. The molecule has 3 N–H and O–H groups in total. The highest BCUT2D eigenvalue weighted by molar-refractivity contribution is 7.47. The van der Waals surface area contributed by atoms with Gasteiger partial charge in [-0.25, -0.2) is 4.57 Å². The summed E-state index contributed by atoms with van der Waals surface area (Å²) in [6.07, 6.45) is 87.2. The van der Waals surface area contributed by atoms with Gasteiger partial charge in [0.1, 0.15) is 6.61 Å². The molecule has 0 saturated heterocycles. The van der Waals surface area contributed by atoms with Crippen LogP contribution in [0.2, 0.25) is 0 Å². The van der Waals surface area contributed by atoms with Gasteiger partial charge in [0, 0.05) is 19.4 Å². The van der Waals surface area contributed by atoms with E-state index >= 15 is 0 Å². The minimum absolute atomic E-state index is 0.0552. The molecule has 0 heterocycles. The van der Waals surface area contributed by atoms with Crippen molar-refractivity contribution in [2.45, 2.75) is 341 Å². The molecule has 2 atom stereocenters. The largest absolute Gasteiger partial charge is 0.472 e. The van der Waals surface area contributed by atoms with Gasteiger partial charge in [-0.3, -0.25) is 18.6 Å². The van der Waals surface area contributed by atoms with Crippen molar-refractivity contribution in [1.82, 2.24) is 0 Å². The molecular weight excluding hydrogens is 1030 g/mol. The van der Waals surface area contributed by atoms with Crippen molar-refractivity contribution in [3.05, 3.63) is 72.9 Å². The zero-order valence-electron chi connectivity index (χ0n) is 53.0. The SMILES string of the molecule is CC/C=C\C/C=C\C/C=C\C/C=C\C/C=C\C/C=C\CCCCCCCCCCCCCCCCCCCCCCCCC(=O)OC(COC(=O)CCCCCCCCCCCCCCCCCCCCC)COP(=O)(O)OCCN. The zero-order chi connectivity index (χ0) is 58.7. The summed E-state index contributed by atoms with van der Waals surface area (Å²) in [6, 6.07) is 0. The van der Waals surface area contributed by atoms with Crippen molar-refractivity contribution in [3.8, 4) is 0 Å². The molecular formula is C71H130NO8P. The number of carbonyl (C=O) groups excluding carboxylic acids is 2. The van der Waals surface area contributed by atoms with E-state index in [0.29, 0.717) is 6.42 Å². The molecule has 0 rings (SSSR count). The Hall–Kier alpha value is -2.55. The van der Waals surface area contributed by atoms with Gasteiger partial charge in [-0.05, 0) is 64.2 Å². The summed E-state index contributed by atoms with van der Waals surface area (Å²) in [6.45, 7) is 3.69. The van der Waals surface area contributed by atoms with E-state index in [9.17, 15) is 19.0 Å². The monoisotopic (exact) mass is 1160 g/mol. The van der Waals surface area contributed by atoms with Gasteiger partial charge in [0.25, 0.3) is 0 Å². The van der Waals surface area contributed by atoms with E-state index in [1.807, 2.05) is 0 Å². The summed E-state index contributed by atoms with van der Waals surface area (Å²) < 4.78 is 33.1. The fourth-order valence-corrected chi connectivity index (χ4v) is 10.8. The first-order valence-electron chi connectivity index (χ1n) is 34.4. The topological polar surface area (TPSA) is 134 Å². The van der Waals surface area contributed by atoms with Crippen molar-refractivity contribution in [2.75, 3.05) is 26.4 Å². The third kappa shape index (κ3) is 66.5. The zero-order valence-corrected chi connectivity index (χ0v) is 53.9. The highest BCUT2D eigenvalue weighted by Gasteiger charge is 2.26. The van der Waals surface area contributed by atoms with Crippen LogP contribution in [-0.4, -0.2) is 49.3 Å². The first kappa shape index (κ1) is 78.5. The Labute approximate surface area is 501 Å². The molecule has 0 aliphatic carbocycles. The van der Waals surface area contributed by atoms with Gasteiger partial charge in [0.2, 0.25) is 0 Å². The number of hydrogen-bond acceptors (Lipinski definition) is 8. The summed E-state index contributed by atoms with van der Waals surface area (Å²) in [7, 11) is -4.39. The van der Waals surface area contributed by atoms with E-state index in [1.165, 1.54) is 231 Å². The van der Waals surface area contributed by atoms with Crippen molar-refractivity contribution in [2.24, 2.45) is 5.73 Å². The van der Waals surface area contributed by atoms with Crippen LogP contribution in [0.1, 0.15) is 335 Å². The molecule has 0 aromatic heterocycles. The molecule has 0 spiro atoms. The number of rotatable bonds is 65. The van der Waals surface area contributed by atoms with Crippen LogP contribution in [-0.2, 0) is 32.7 Å². The van der Waals surface area contributed by atoms with Crippen LogP contribution in [0, 0.1) is 0 Å². The lowest BCUT2D eigenvalue weighted by atomic mass is 10.0. The highest BCUT2D eigenvalue weighted by Crippen LogP contribution is 2.43. The minimum atomic E-state index is -4.39. The summed E-state index contributed by atoms with van der Waals surface area (Å²) in [5.74, 6) is -0.808. The van der Waals surface area contributed by atoms with Gasteiger partial charge < -0.3 is 20.1 Å². The van der Waals surface area contributed by atoms with Crippen molar-refractivity contribution in [1.29, 1.82) is 0 Å². The Kier molecular flexibility index (Phi) is 64.5. The van der Waals surface area contributed by atoms with Gasteiger partial charge in [-0.1, -0.05) is 331 Å². The molecule has 0 aliphatic rings. The first-order valence-corrected chi connectivity index (χ1v) is 35.9. The lowest BCUT2D eigenvalue weighted by Crippen LogP contribution is -2.29. The fourth-order valence-electron chi connectivity index (χ4n) is 10.1. The van der Waals surface area contributed by atoms with Crippen molar-refractivity contribution >= 4 is 19.8 Å². The smallest absolute Gasteiger partial charge is 0.462 e. The van der Waals surface area contributed by atoms with Crippen LogP contribution >= 0.6 is 7.82 Å². The molecule has 10 heteroatoms. The average molecular weight is 1160 g/mol. The van der Waals surface area contributed by atoms with E-state index in [0.717, 1.165) is 70.6 Å². The van der Waals surface area contributed by atoms with E-state index in [4.69, 9.17) is 24.3 Å². The molecule has 0 fully saturated rings. The first-order chi connectivity index (χ1) is 39.8. The molecule has 0 bridgehead atoms. The molecule has 9 nitrogen and oxygen atoms in total. The summed E-state index contributed by atoms with van der Waals surface area (Å²) in [4.78, 5) is 35.3. The molecule has 2 unspecified atom stereocenters. The van der Waals surface area contributed by atoms with Crippen molar-refractivity contribution < 1.29 is 37.6 Å². The molecule has 0 radical (unpaired) electrons. The third-order valence-corrected chi connectivity index (χ3v) is 16.1. The standard InChI is InChI=1S/C71H130NO8P/c1-3-5-7-9-11-13-15-17-19-21-23-24-25-26-27-28-29-30-31-32-33-34-35-36-37-38-39-40-41-42-43-44-46-48-50-52-54-56-58-60-62-64-71(74)80-69(68-79-81(75,76)78-66-65-72)67-77-70(73)63-61-59-57-55-53-51-49-47-45-22-20-18-16-14-12-10-8-6-4-2/h5,7,11,13,17,19,23-24,26-27,29-30,69H,3-4,6,8-10,12,14-16,18,20-22,25,28,31-68,72H2,1-2H3,(H,75,76)/b7-5-,13-11-,19-17-,24-23-,27-26-,30-29-. The number of allylic oxidation sites excluding steroid dienone is 12. The van der Waals surface area contributed by atoms with Gasteiger partial charge in [-0.2, -0.15) is 0 Å². The lowest BCUT2D eigenvalue weighted by Gasteiger charge is -2.19. The van der Waals surface area contributed by atoms with Crippen LogP contribution in [0.25, 0.3) is 0 Å². The van der Waals surface area contributed by atoms with Crippen LogP contribution in [0.3, 0.4) is 0 Å². The second kappa shape index (κ2) is 66.6. The van der Waals surface area contributed by atoms with Crippen molar-refractivity contribution in [3.63, 3.8) is 0 Å². The molecule has 81 heavy (non-hydrogen) atoms. The number of phosphoric ester groups is 1. The average Bonchev–Trinajstić information content (AvgIpc) is 3.46. The van der Waals surface area contributed by atoms with E-state index < -0.39 is 26.5 Å². The molecule has 0 aliphatic heterocycles. The molecule has 472 valence electrons. The predicted molar refractivity (Wildman–Crippen MR) is 349 cm³/mol. The number of hydrogen-bond donors (Lipinski definition) is 2. The number of unbranched alkanes of at least 4 members (excludes halogenated alkanes) is 40. The Balaban J connectivity index is 3.78. The van der Waals surface area contributed by atoms with Gasteiger partial charge in [-0.15, -0.1) is 0 Å². The highest BCUT2D eigenvalue weighted by atomic mass is 31.2. The minimum Gasteiger partial charge on any atom is -0.462 e. The van der Waals surface area contributed by atoms with Crippen LogP contribution in [0.15, 0.2) is 72.9 Å². The van der Waals surface area contributed by atoms with Gasteiger partial charge in [0.15, 0.2) is 6.10 Å². The number of ether oxygens (including phenoxy) is 2. The number of carbonyl (C=O) groups is 2. The van der Waals surface area contributed by atoms with E-state index in [2.05, 4.69) is 86.8 Å². The maximum absolute atomic E-state index is 12.7. The lowest BCUT2D eigenvalue weighted by molar-refractivity contribution is -0.161. The van der Waals surface area contributed by atoms with E-state index in [1.54, 1.807) is 0 Å². The summed E-state index contributed by atoms with van der Waals surface area (Å²) >= 11 is 0. The summed E-state index contributed by atoms with van der Waals surface area (Å²) in [5, 5.41) is 0. The van der Waals surface area contributed by atoms with Gasteiger partial charge >= 0.3 is 19.8 Å². The Morgan fingerprint density at radius 3 is 1.01 bits per heavy atom. The van der Waals surface area contributed by atoms with Crippen LogP contribution in [0.5, 0.6) is 0 Å². The Morgan fingerprint density at radius 1 is 0.383 bits per heavy atom. The quantitative estimate of drug-likeness (QED) is 0.0264. The fraction of sp³-hybridized carbons (Fsp3) is 0.803. The normalized spacial score (nSPS) is 13.4. The third-order valence-electron chi connectivity index (χ3n) is 15.1. The second-order valence-electron chi connectivity index (χ2n) is 23.0. The molecule has 0 aromatic rings. The number of phosphoric acid groups is 1. The van der Waals surface area contributed by atoms with Crippen LogP contribution < -0.4 is 5.73 Å². The second-order valence-corrected chi connectivity index (χ2v) is 24.5. The molecule has 0 saturated carbocycles. The molecule has 0 amide bonds.